The zero-order chi connectivity index (χ0) is 16.5. The van der Waals surface area contributed by atoms with E-state index in [9.17, 15) is 4.79 Å². The fourth-order valence-electron chi connectivity index (χ4n) is 3.21. The third kappa shape index (κ3) is 7.13. The number of nitrogens with zero attached hydrogens (tertiary/aromatic N) is 3. The molecule has 24 heavy (non-hydrogen) atoms. The first-order valence-corrected chi connectivity index (χ1v) is 9.11. The van der Waals surface area contributed by atoms with E-state index in [0.717, 1.165) is 58.3 Å². The van der Waals surface area contributed by atoms with Gasteiger partial charge >= 0.3 is 0 Å². The van der Waals surface area contributed by atoms with E-state index in [1.165, 1.54) is 25.7 Å². The highest BCUT2D eigenvalue weighted by Crippen LogP contribution is 2.20. The summed E-state index contributed by atoms with van der Waals surface area (Å²) in [6, 6.07) is 0. The van der Waals surface area contributed by atoms with Crippen molar-refractivity contribution in [1.82, 2.24) is 15.1 Å². The molecule has 0 bridgehead atoms. The van der Waals surface area contributed by atoms with Gasteiger partial charge in [0, 0.05) is 52.8 Å². The summed E-state index contributed by atoms with van der Waals surface area (Å²) in [5, 5.41) is 3.36. The monoisotopic (exact) mass is 452 g/mol. The van der Waals surface area contributed by atoms with Gasteiger partial charge in [-0.2, -0.15) is 0 Å². The minimum absolute atomic E-state index is 0. The summed E-state index contributed by atoms with van der Waals surface area (Å²) >= 11 is 0. The van der Waals surface area contributed by atoms with E-state index < -0.39 is 0 Å². The quantitative estimate of drug-likeness (QED) is 0.290. The summed E-state index contributed by atoms with van der Waals surface area (Å²) in [5.41, 5.74) is 0. The molecule has 140 valence electrons. The molecule has 0 aromatic carbocycles. The number of rotatable bonds is 6. The fraction of sp³-hybridized carbons (Fsp3) is 0.882. The standard InChI is InChI=1S/C17H32N4O2.HI/c1-3-18-17(21-12-10-20(11-13-21)15(2)22)19-9-6-14-23-16-7-4-5-8-16;/h16H,3-14H2,1-2H3,(H,18,19);1H. The first-order valence-electron chi connectivity index (χ1n) is 9.11. The largest absolute Gasteiger partial charge is 0.378 e. The first kappa shape index (κ1) is 21.5. The van der Waals surface area contributed by atoms with Gasteiger partial charge in [-0.15, -0.1) is 24.0 Å². The van der Waals surface area contributed by atoms with Crippen LogP contribution in [0.2, 0.25) is 0 Å². The molecule has 1 saturated heterocycles. The van der Waals surface area contributed by atoms with Crippen LogP contribution in [0.15, 0.2) is 4.99 Å². The Bertz CT molecular complexity index is 392. The van der Waals surface area contributed by atoms with Crippen LogP contribution < -0.4 is 5.32 Å². The van der Waals surface area contributed by atoms with Gasteiger partial charge in [0.1, 0.15) is 0 Å². The number of carbonyl (C=O) groups is 1. The third-order valence-electron chi connectivity index (χ3n) is 4.58. The number of carbonyl (C=O) groups excluding carboxylic acids is 1. The van der Waals surface area contributed by atoms with Gasteiger partial charge in [-0.3, -0.25) is 9.79 Å². The predicted molar refractivity (Wildman–Crippen MR) is 108 cm³/mol. The Morgan fingerprint density at radius 3 is 2.38 bits per heavy atom. The van der Waals surface area contributed by atoms with E-state index in [4.69, 9.17) is 9.73 Å². The molecule has 1 heterocycles. The van der Waals surface area contributed by atoms with E-state index in [-0.39, 0.29) is 29.9 Å². The normalized spacial score (nSPS) is 19.3. The van der Waals surface area contributed by atoms with Gasteiger partial charge in [-0.1, -0.05) is 12.8 Å². The Hall–Kier alpha value is -0.570. The van der Waals surface area contributed by atoms with Crippen molar-refractivity contribution in [2.45, 2.75) is 52.1 Å². The molecule has 1 aliphatic carbocycles. The average molecular weight is 452 g/mol. The van der Waals surface area contributed by atoms with Crippen molar-refractivity contribution in [3.05, 3.63) is 0 Å². The second-order valence-corrected chi connectivity index (χ2v) is 6.36. The SMILES string of the molecule is CCNC(=NCCCOC1CCCC1)N1CCN(C(C)=O)CC1.I. The molecule has 0 atom stereocenters. The number of ether oxygens (including phenoxy) is 1. The van der Waals surface area contributed by atoms with Crippen LogP contribution in [0.5, 0.6) is 0 Å². The number of halogens is 1. The zero-order valence-electron chi connectivity index (χ0n) is 15.1. The van der Waals surface area contributed by atoms with Crippen LogP contribution in [-0.2, 0) is 9.53 Å². The summed E-state index contributed by atoms with van der Waals surface area (Å²) < 4.78 is 5.88. The molecular formula is C17H33IN4O2. The Balaban J connectivity index is 0.00000288. The Morgan fingerprint density at radius 2 is 1.79 bits per heavy atom. The number of amides is 1. The number of hydrogen-bond donors (Lipinski definition) is 1. The molecule has 0 spiro atoms. The molecule has 1 amide bonds. The molecule has 2 fully saturated rings. The maximum atomic E-state index is 11.4. The lowest BCUT2D eigenvalue weighted by Crippen LogP contribution is -2.53. The van der Waals surface area contributed by atoms with Gasteiger partial charge < -0.3 is 19.9 Å². The minimum atomic E-state index is 0. The van der Waals surface area contributed by atoms with Crippen LogP contribution in [0, 0.1) is 0 Å². The van der Waals surface area contributed by atoms with Crippen molar-refractivity contribution >= 4 is 35.8 Å². The van der Waals surface area contributed by atoms with Gasteiger partial charge in [0.25, 0.3) is 0 Å². The maximum absolute atomic E-state index is 11.4. The molecule has 7 heteroatoms. The van der Waals surface area contributed by atoms with Crippen molar-refractivity contribution < 1.29 is 9.53 Å². The summed E-state index contributed by atoms with van der Waals surface area (Å²) in [4.78, 5) is 20.3. The summed E-state index contributed by atoms with van der Waals surface area (Å²) in [7, 11) is 0. The van der Waals surface area contributed by atoms with E-state index in [2.05, 4.69) is 17.1 Å². The molecular weight excluding hydrogens is 419 g/mol. The van der Waals surface area contributed by atoms with E-state index in [0.29, 0.717) is 6.10 Å². The number of hydrogen-bond acceptors (Lipinski definition) is 3. The van der Waals surface area contributed by atoms with E-state index >= 15 is 0 Å². The molecule has 6 nitrogen and oxygen atoms in total. The van der Waals surface area contributed by atoms with Crippen LogP contribution in [0.4, 0.5) is 0 Å². The Labute approximate surface area is 163 Å². The molecule has 1 N–H and O–H groups in total. The predicted octanol–water partition coefficient (Wildman–Crippen LogP) is 2.08. The topological polar surface area (TPSA) is 57.2 Å². The zero-order valence-corrected chi connectivity index (χ0v) is 17.5. The highest BCUT2D eigenvalue weighted by molar-refractivity contribution is 14.0. The van der Waals surface area contributed by atoms with Gasteiger partial charge in [-0.25, -0.2) is 0 Å². The first-order chi connectivity index (χ1) is 11.2. The summed E-state index contributed by atoms with van der Waals surface area (Å²) in [5.74, 6) is 1.13. The second kappa shape index (κ2) is 11.9. The molecule has 0 radical (unpaired) electrons. The number of aliphatic imine (C=N–C) groups is 1. The smallest absolute Gasteiger partial charge is 0.219 e. The molecule has 1 saturated carbocycles. The van der Waals surface area contributed by atoms with Crippen LogP contribution in [0.1, 0.15) is 46.0 Å². The Morgan fingerprint density at radius 1 is 1.17 bits per heavy atom. The lowest BCUT2D eigenvalue weighted by atomic mass is 10.3. The second-order valence-electron chi connectivity index (χ2n) is 6.36. The molecule has 2 aliphatic rings. The maximum Gasteiger partial charge on any atom is 0.219 e. The third-order valence-corrected chi connectivity index (χ3v) is 4.58. The summed E-state index contributed by atoms with van der Waals surface area (Å²) in [6.45, 7) is 9.46. The average Bonchev–Trinajstić information content (AvgIpc) is 3.07. The van der Waals surface area contributed by atoms with Crippen LogP contribution in [-0.4, -0.2) is 73.6 Å². The van der Waals surface area contributed by atoms with Crippen LogP contribution >= 0.6 is 24.0 Å². The van der Waals surface area contributed by atoms with Crippen LogP contribution in [0.3, 0.4) is 0 Å². The van der Waals surface area contributed by atoms with Gasteiger partial charge in [0.2, 0.25) is 5.91 Å². The highest BCUT2D eigenvalue weighted by atomic mass is 127. The van der Waals surface area contributed by atoms with E-state index in [1.807, 2.05) is 4.90 Å². The molecule has 2 rings (SSSR count). The fourth-order valence-corrected chi connectivity index (χ4v) is 3.21. The molecule has 0 unspecified atom stereocenters. The lowest BCUT2D eigenvalue weighted by Gasteiger charge is -2.36. The minimum Gasteiger partial charge on any atom is -0.378 e. The van der Waals surface area contributed by atoms with Crippen molar-refractivity contribution in [3.8, 4) is 0 Å². The van der Waals surface area contributed by atoms with Gasteiger partial charge in [-0.05, 0) is 26.2 Å². The van der Waals surface area contributed by atoms with Crippen molar-refractivity contribution in [3.63, 3.8) is 0 Å². The molecule has 0 aromatic heterocycles. The highest BCUT2D eigenvalue weighted by Gasteiger charge is 2.20. The van der Waals surface area contributed by atoms with Crippen LogP contribution in [0.25, 0.3) is 0 Å². The van der Waals surface area contributed by atoms with Gasteiger partial charge in [0.15, 0.2) is 5.96 Å². The number of guanidine groups is 1. The van der Waals surface area contributed by atoms with Crippen molar-refractivity contribution in [2.24, 2.45) is 4.99 Å². The van der Waals surface area contributed by atoms with Crippen molar-refractivity contribution in [2.75, 3.05) is 45.9 Å². The molecule has 1 aliphatic heterocycles. The number of piperazine rings is 1. The lowest BCUT2D eigenvalue weighted by molar-refractivity contribution is -0.130. The number of nitrogens with one attached hydrogen (secondary N) is 1. The van der Waals surface area contributed by atoms with Gasteiger partial charge in [0.05, 0.1) is 6.10 Å². The summed E-state index contributed by atoms with van der Waals surface area (Å²) in [6.07, 6.45) is 6.56. The molecule has 0 aromatic rings. The Kier molecular flexibility index (Phi) is 10.6. The van der Waals surface area contributed by atoms with E-state index in [1.54, 1.807) is 6.92 Å². The van der Waals surface area contributed by atoms with Crippen molar-refractivity contribution in [1.29, 1.82) is 0 Å².